The number of carbonyl (C=O) groups excluding carboxylic acids is 1. The number of aromatic nitrogens is 2. The van der Waals surface area contributed by atoms with Crippen molar-refractivity contribution >= 4 is 22.4 Å². The minimum atomic E-state index is -0.310. The molecule has 6 nitrogen and oxygen atoms in total. The molecule has 0 saturated carbocycles. The highest BCUT2D eigenvalue weighted by molar-refractivity contribution is 7.10. The fourth-order valence-corrected chi connectivity index (χ4v) is 2.05. The van der Waals surface area contributed by atoms with E-state index in [0.717, 1.165) is 30.1 Å². The lowest BCUT2D eigenvalue weighted by Crippen LogP contribution is -2.34. The van der Waals surface area contributed by atoms with Crippen molar-refractivity contribution in [1.29, 1.82) is 0 Å². The molecule has 0 aliphatic heterocycles. The average molecular weight is 257 g/mol. The van der Waals surface area contributed by atoms with Gasteiger partial charge >= 0.3 is 0 Å². The molecule has 1 aromatic heterocycles. The molecule has 17 heavy (non-hydrogen) atoms. The van der Waals surface area contributed by atoms with Crippen LogP contribution in [0.1, 0.15) is 25.5 Å². The third-order valence-electron chi connectivity index (χ3n) is 2.36. The van der Waals surface area contributed by atoms with Crippen LogP contribution in [0.25, 0.3) is 0 Å². The molecule has 1 aromatic rings. The summed E-state index contributed by atoms with van der Waals surface area (Å²) in [6.07, 6.45) is 2.13. The van der Waals surface area contributed by atoms with Crippen molar-refractivity contribution in [3.05, 3.63) is 5.69 Å². The van der Waals surface area contributed by atoms with Crippen molar-refractivity contribution in [2.45, 2.75) is 26.3 Å². The van der Waals surface area contributed by atoms with E-state index in [1.54, 1.807) is 0 Å². The Hall–Kier alpha value is -1.21. The van der Waals surface area contributed by atoms with Gasteiger partial charge in [-0.3, -0.25) is 9.69 Å². The van der Waals surface area contributed by atoms with Crippen LogP contribution in [0.15, 0.2) is 0 Å². The number of hydrogen-bond acceptors (Lipinski definition) is 6. The van der Waals surface area contributed by atoms with E-state index in [2.05, 4.69) is 21.8 Å². The van der Waals surface area contributed by atoms with Crippen molar-refractivity contribution in [3.63, 3.8) is 0 Å². The summed E-state index contributed by atoms with van der Waals surface area (Å²) in [7, 11) is 1.84. The van der Waals surface area contributed by atoms with Crippen LogP contribution in [0.2, 0.25) is 0 Å². The zero-order chi connectivity index (χ0) is 12.7. The summed E-state index contributed by atoms with van der Waals surface area (Å²) in [5, 5.41) is 8.04. The second kappa shape index (κ2) is 7.18. The number of anilines is 1. The van der Waals surface area contributed by atoms with Crippen molar-refractivity contribution < 1.29 is 4.79 Å². The van der Waals surface area contributed by atoms with E-state index in [9.17, 15) is 4.79 Å². The molecular formula is C10H19N5OS. The van der Waals surface area contributed by atoms with E-state index in [-0.39, 0.29) is 12.5 Å². The molecule has 1 rings (SSSR count). The van der Waals surface area contributed by atoms with Crippen LogP contribution in [0.5, 0.6) is 0 Å². The summed E-state index contributed by atoms with van der Waals surface area (Å²) in [5.41, 5.74) is 6.11. The number of nitrogens with zero attached hydrogens (tertiary/aromatic N) is 3. The molecular weight excluding hydrogens is 238 g/mol. The molecule has 3 N–H and O–H groups in total. The number of carbonyl (C=O) groups is 1. The first-order chi connectivity index (χ1) is 8.17. The zero-order valence-corrected chi connectivity index (χ0v) is 11.1. The average Bonchev–Trinajstić information content (AvgIpc) is 2.72. The summed E-state index contributed by atoms with van der Waals surface area (Å²) >= 11 is 1.32. The van der Waals surface area contributed by atoms with E-state index < -0.39 is 0 Å². The second-order valence-electron chi connectivity index (χ2n) is 3.83. The number of primary amides is 1. The molecule has 1 heterocycles. The first kappa shape index (κ1) is 13.9. The van der Waals surface area contributed by atoms with Gasteiger partial charge in [0.15, 0.2) is 0 Å². The van der Waals surface area contributed by atoms with Crippen molar-refractivity contribution in [1.82, 2.24) is 14.5 Å². The Labute approximate surface area is 105 Å². The molecule has 0 fully saturated rings. The molecule has 0 aliphatic rings. The van der Waals surface area contributed by atoms with E-state index in [0.29, 0.717) is 6.54 Å². The van der Waals surface area contributed by atoms with Gasteiger partial charge in [-0.2, -0.15) is 0 Å². The summed E-state index contributed by atoms with van der Waals surface area (Å²) in [6, 6.07) is 0. The number of nitrogens with two attached hydrogens (primary N) is 1. The Bertz CT molecular complexity index is 354. The lowest BCUT2D eigenvalue weighted by atomic mass is 10.3. The first-order valence-electron chi connectivity index (χ1n) is 5.67. The lowest BCUT2D eigenvalue weighted by Gasteiger charge is -2.19. The van der Waals surface area contributed by atoms with Crippen LogP contribution < -0.4 is 11.1 Å². The van der Waals surface area contributed by atoms with E-state index in [1.807, 2.05) is 11.9 Å². The Morgan fingerprint density at radius 2 is 2.35 bits per heavy atom. The summed E-state index contributed by atoms with van der Waals surface area (Å²) in [4.78, 5) is 13.0. The van der Waals surface area contributed by atoms with Gasteiger partial charge in [-0.25, -0.2) is 0 Å². The largest absolute Gasteiger partial charge is 0.377 e. The Morgan fingerprint density at radius 1 is 1.59 bits per heavy atom. The highest BCUT2D eigenvalue weighted by Crippen LogP contribution is 2.18. The maximum atomic E-state index is 11.0. The zero-order valence-electron chi connectivity index (χ0n) is 10.3. The topological polar surface area (TPSA) is 84.1 Å². The van der Waals surface area contributed by atoms with Crippen LogP contribution in [0.3, 0.4) is 0 Å². The normalized spacial score (nSPS) is 10.8. The number of nitrogens with one attached hydrogen (secondary N) is 1. The van der Waals surface area contributed by atoms with Gasteiger partial charge in [0.25, 0.3) is 0 Å². The molecule has 96 valence electrons. The molecule has 1 amide bonds. The van der Waals surface area contributed by atoms with Gasteiger partial charge in [0.1, 0.15) is 10.7 Å². The van der Waals surface area contributed by atoms with Crippen LogP contribution in [0.4, 0.5) is 5.00 Å². The van der Waals surface area contributed by atoms with Gasteiger partial charge in [-0.1, -0.05) is 17.8 Å². The number of amides is 1. The molecule has 0 bridgehead atoms. The van der Waals surface area contributed by atoms with E-state index in [1.165, 1.54) is 11.5 Å². The predicted molar refractivity (Wildman–Crippen MR) is 68.8 cm³/mol. The van der Waals surface area contributed by atoms with Gasteiger partial charge in [0, 0.05) is 25.1 Å². The molecule has 0 atom stereocenters. The maximum absolute atomic E-state index is 11.0. The lowest BCUT2D eigenvalue weighted by molar-refractivity contribution is -0.119. The first-order valence-corrected chi connectivity index (χ1v) is 6.44. The maximum Gasteiger partial charge on any atom is 0.231 e. The second-order valence-corrected chi connectivity index (χ2v) is 4.58. The van der Waals surface area contributed by atoms with Gasteiger partial charge < -0.3 is 11.1 Å². The molecule has 0 unspecified atom stereocenters. The molecule has 0 spiro atoms. The van der Waals surface area contributed by atoms with Gasteiger partial charge in [0.05, 0.1) is 6.54 Å². The third-order valence-corrected chi connectivity index (χ3v) is 3.15. The molecule has 7 heteroatoms. The van der Waals surface area contributed by atoms with E-state index >= 15 is 0 Å². The monoisotopic (exact) mass is 257 g/mol. The number of hydrogen-bond donors (Lipinski definition) is 2. The molecule has 0 aromatic carbocycles. The smallest absolute Gasteiger partial charge is 0.231 e. The Kier molecular flexibility index (Phi) is 5.85. The fourth-order valence-electron chi connectivity index (χ4n) is 1.53. The molecule has 0 saturated heterocycles. The fraction of sp³-hybridized carbons (Fsp3) is 0.700. The van der Waals surface area contributed by atoms with Crippen molar-refractivity contribution in [2.75, 3.05) is 25.5 Å². The molecule has 0 radical (unpaired) electrons. The van der Waals surface area contributed by atoms with Crippen molar-refractivity contribution in [2.24, 2.45) is 5.73 Å². The number of unbranched alkanes of at least 4 members (excludes halogenated alkanes) is 1. The highest BCUT2D eigenvalue weighted by Gasteiger charge is 2.13. The third kappa shape index (κ3) is 4.66. The quantitative estimate of drug-likeness (QED) is 0.715. The highest BCUT2D eigenvalue weighted by atomic mass is 32.1. The number of rotatable bonds is 8. The van der Waals surface area contributed by atoms with Crippen LogP contribution in [-0.4, -0.2) is 40.5 Å². The van der Waals surface area contributed by atoms with E-state index in [4.69, 9.17) is 5.73 Å². The summed E-state index contributed by atoms with van der Waals surface area (Å²) in [6.45, 7) is 3.84. The SMILES string of the molecule is CCCCN(CC(N)=O)Cc1nnsc1NC. The van der Waals surface area contributed by atoms with Gasteiger partial charge in [-0.15, -0.1) is 5.10 Å². The summed E-state index contributed by atoms with van der Waals surface area (Å²) in [5.74, 6) is -0.310. The van der Waals surface area contributed by atoms with Crippen molar-refractivity contribution in [3.8, 4) is 0 Å². The van der Waals surface area contributed by atoms with Gasteiger partial charge in [-0.05, 0) is 13.0 Å². The van der Waals surface area contributed by atoms with Crippen LogP contribution in [0, 0.1) is 0 Å². The predicted octanol–water partition coefficient (Wildman–Crippen LogP) is 0.667. The summed E-state index contributed by atoms with van der Waals surface area (Å²) < 4.78 is 3.89. The molecule has 0 aliphatic carbocycles. The van der Waals surface area contributed by atoms with Crippen LogP contribution in [-0.2, 0) is 11.3 Å². The Balaban J connectivity index is 2.61. The van der Waals surface area contributed by atoms with Gasteiger partial charge in [0.2, 0.25) is 5.91 Å². The minimum absolute atomic E-state index is 0.265. The minimum Gasteiger partial charge on any atom is -0.377 e. The standard InChI is InChI=1S/C10H19N5OS/c1-3-4-5-15(7-9(11)16)6-8-10(12-2)17-14-13-8/h12H,3-7H2,1-2H3,(H2,11,16). The Morgan fingerprint density at radius 3 is 2.94 bits per heavy atom. The van der Waals surface area contributed by atoms with Crippen LogP contribution >= 0.6 is 11.5 Å².